The molecule has 0 aliphatic heterocycles. The third kappa shape index (κ3) is 2.76. The molecular formula is C11H10N2O5. The van der Waals surface area contributed by atoms with Crippen molar-refractivity contribution in [1.29, 1.82) is 0 Å². The Morgan fingerprint density at radius 2 is 2.17 bits per heavy atom. The van der Waals surface area contributed by atoms with Crippen molar-refractivity contribution in [2.24, 2.45) is 0 Å². The standard InChI is InChI=1S/C11H10N2O5/c14-9(4-10(15)16)12-5-6-1-2-8-7(3-6)13-11(17)18-8/h1-3H,4-5H2,(H,12,14)(H,13,17)(H,15,16). The van der Waals surface area contributed by atoms with Crippen molar-refractivity contribution < 1.29 is 19.1 Å². The molecule has 2 rings (SSSR count). The summed E-state index contributed by atoms with van der Waals surface area (Å²) in [5.41, 5.74) is 1.70. The van der Waals surface area contributed by atoms with Crippen LogP contribution in [0.2, 0.25) is 0 Å². The maximum atomic E-state index is 11.1. The van der Waals surface area contributed by atoms with Crippen LogP contribution in [0.15, 0.2) is 27.4 Å². The number of carbonyl (C=O) groups is 2. The first-order valence-corrected chi connectivity index (χ1v) is 5.15. The lowest BCUT2D eigenvalue weighted by molar-refractivity contribution is -0.140. The second-order valence-electron chi connectivity index (χ2n) is 3.69. The average Bonchev–Trinajstić information content (AvgIpc) is 2.64. The van der Waals surface area contributed by atoms with Gasteiger partial charge in [-0.05, 0) is 17.7 Å². The summed E-state index contributed by atoms with van der Waals surface area (Å²) in [4.78, 5) is 34.8. The van der Waals surface area contributed by atoms with E-state index in [1.165, 1.54) is 0 Å². The largest absolute Gasteiger partial charge is 0.481 e. The highest BCUT2D eigenvalue weighted by molar-refractivity contribution is 5.93. The summed E-state index contributed by atoms with van der Waals surface area (Å²) in [6.45, 7) is 0.190. The molecule has 18 heavy (non-hydrogen) atoms. The van der Waals surface area contributed by atoms with Crippen molar-refractivity contribution >= 4 is 23.0 Å². The van der Waals surface area contributed by atoms with Crippen molar-refractivity contribution in [3.8, 4) is 0 Å². The van der Waals surface area contributed by atoms with Crippen LogP contribution < -0.4 is 11.1 Å². The molecule has 0 saturated heterocycles. The topological polar surface area (TPSA) is 112 Å². The number of benzene rings is 1. The third-order valence-electron chi connectivity index (χ3n) is 2.28. The summed E-state index contributed by atoms with van der Waals surface area (Å²) in [6, 6.07) is 4.94. The monoisotopic (exact) mass is 250 g/mol. The van der Waals surface area contributed by atoms with Gasteiger partial charge in [0.05, 0.1) is 5.52 Å². The molecule has 3 N–H and O–H groups in total. The zero-order valence-electron chi connectivity index (χ0n) is 9.23. The fourth-order valence-electron chi connectivity index (χ4n) is 1.51. The average molecular weight is 250 g/mol. The highest BCUT2D eigenvalue weighted by Gasteiger charge is 2.07. The SMILES string of the molecule is O=C(O)CC(=O)NCc1ccc2oc(=O)[nH]c2c1. The number of rotatable bonds is 4. The molecule has 0 aliphatic carbocycles. The number of H-pyrrole nitrogens is 1. The van der Waals surface area contributed by atoms with Gasteiger partial charge in [0.25, 0.3) is 0 Å². The number of aromatic nitrogens is 1. The predicted octanol–water partition coefficient (Wildman–Crippen LogP) is 0.212. The molecule has 0 radical (unpaired) electrons. The predicted molar refractivity (Wildman–Crippen MR) is 60.9 cm³/mol. The molecule has 0 saturated carbocycles. The lowest BCUT2D eigenvalue weighted by atomic mass is 10.2. The molecule has 1 aromatic heterocycles. The minimum absolute atomic E-state index is 0.190. The van der Waals surface area contributed by atoms with Crippen LogP contribution in [0.4, 0.5) is 0 Å². The lowest BCUT2D eigenvalue weighted by Gasteiger charge is -2.03. The molecule has 0 unspecified atom stereocenters. The van der Waals surface area contributed by atoms with Gasteiger partial charge in [-0.1, -0.05) is 6.07 Å². The van der Waals surface area contributed by atoms with E-state index in [0.29, 0.717) is 11.1 Å². The third-order valence-corrected chi connectivity index (χ3v) is 2.28. The molecule has 94 valence electrons. The normalized spacial score (nSPS) is 10.4. The molecule has 7 heteroatoms. The van der Waals surface area contributed by atoms with Gasteiger partial charge in [0.2, 0.25) is 5.91 Å². The van der Waals surface area contributed by atoms with E-state index in [-0.39, 0.29) is 6.54 Å². The van der Waals surface area contributed by atoms with Crippen molar-refractivity contribution in [2.45, 2.75) is 13.0 Å². The minimum Gasteiger partial charge on any atom is -0.481 e. The highest BCUT2D eigenvalue weighted by Crippen LogP contribution is 2.11. The van der Waals surface area contributed by atoms with Crippen molar-refractivity contribution in [3.63, 3.8) is 0 Å². The van der Waals surface area contributed by atoms with E-state index >= 15 is 0 Å². The van der Waals surface area contributed by atoms with Crippen LogP contribution in [-0.2, 0) is 16.1 Å². The zero-order valence-corrected chi connectivity index (χ0v) is 9.23. The van der Waals surface area contributed by atoms with Crippen LogP contribution in [0.3, 0.4) is 0 Å². The maximum Gasteiger partial charge on any atom is 0.417 e. The van der Waals surface area contributed by atoms with Crippen molar-refractivity contribution in [3.05, 3.63) is 34.3 Å². The summed E-state index contributed by atoms with van der Waals surface area (Å²) in [7, 11) is 0. The number of carbonyl (C=O) groups excluding carboxylic acids is 1. The molecule has 0 fully saturated rings. The van der Waals surface area contributed by atoms with Gasteiger partial charge >= 0.3 is 11.7 Å². The summed E-state index contributed by atoms with van der Waals surface area (Å²) >= 11 is 0. The molecule has 2 aromatic rings. The van der Waals surface area contributed by atoms with E-state index in [0.717, 1.165) is 5.56 Å². The number of carboxylic acids is 1. The van der Waals surface area contributed by atoms with Gasteiger partial charge in [0, 0.05) is 6.54 Å². The summed E-state index contributed by atoms with van der Waals surface area (Å²) in [6.07, 6.45) is -0.565. The number of nitrogens with one attached hydrogen (secondary N) is 2. The van der Waals surface area contributed by atoms with Gasteiger partial charge in [-0.2, -0.15) is 0 Å². The highest BCUT2D eigenvalue weighted by atomic mass is 16.4. The number of carboxylic acid groups (broad SMARTS) is 1. The number of hydrogen-bond acceptors (Lipinski definition) is 4. The molecule has 0 atom stereocenters. The Morgan fingerprint density at radius 3 is 2.89 bits per heavy atom. The Morgan fingerprint density at radius 1 is 1.39 bits per heavy atom. The molecule has 0 bridgehead atoms. The Kier molecular flexibility index (Phi) is 3.13. The number of amides is 1. The van der Waals surface area contributed by atoms with Crippen LogP contribution in [0, 0.1) is 0 Å². The molecule has 1 amide bonds. The van der Waals surface area contributed by atoms with Gasteiger partial charge in [0.1, 0.15) is 6.42 Å². The number of aliphatic carboxylic acids is 1. The molecule has 7 nitrogen and oxygen atoms in total. The first-order chi connectivity index (χ1) is 8.54. The van der Waals surface area contributed by atoms with Crippen LogP contribution in [-0.4, -0.2) is 22.0 Å². The van der Waals surface area contributed by atoms with Crippen molar-refractivity contribution in [1.82, 2.24) is 10.3 Å². The number of aromatic amines is 1. The molecular weight excluding hydrogens is 240 g/mol. The van der Waals surface area contributed by atoms with Crippen LogP contribution in [0.5, 0.6) is 0 Å². The maximum absolute atomic E-state index is 11.1. The number of oxazole rings is 1. The summed E-state index contributed by atoms with van der Waals surface area (Å²) in [5.74, 6) is -2.29. The number of fused-ring (bicyclic) bond motifs is 1. The van der Waals surface area contributed by atoms with Crippen molar-refractivity contribution in [2.75, 3.05) is 0 Å². The Hall–Kier alpha value is -2.57. The van der Waals surface area contributed by atoms with E-state index in [2.05, 4.69) is 10.3 Å². The fourth-order valence-corrected chi connectivity index (χ4v) is 1.51. The van der Waals surface area contributed by atoms with Crippen LogP contribution in [0.1, 0.15) is 12.0 Å². The molecule has 1 heterocycles. The summed E-state index contributed by atoms with van der Waals surface area (Å²) < 4.78 is 4.82. The van der Waals surface area contributed by atoms with E-state index in [4.69, 9.17) is 9.52 Å². The molecule has 0 aliphatic rings. The van der Waals surface area contributed by atoms with Gasteiger partial charge in [0.15, 0.2) is 5.58 Å². The zero-order chi connectivity index (χ0) is 13.1. The minimum atomic E-state index is -1.18. The van der Waals surface area contributed by atoms with Gasteiger partial charge in [-0.3, -0.25) is 14.6 Å². The second-order valence-corrected chi connectivity index (χ2v) is 3.69. The fraction of sp³-hybridized carbons (Fsp3) is 0.182. The smallest absolute Gasteiger partial charge is 0.417 e. The van der Waals surface area contributed by atoms with Gasteiger partial charge in [-0.25, -0.2) is 4.79 Å². The quantitative estimate of drug-likeness (QED) is 0.671. The van der Waals surface area contributed by atoms with E-state index in [1.807, 2.05) is 0 Å². The van der Waals surface area contributed by atoms with E-state index < -0.39 is 24.1 Å². The summed E-state index contributed by atoms with van der Waals surface area (Å²) in [5, 5.41) is 10.9. The second kappa shape index (κ2) is 4.74. The van der Waals surface area contributed by atoms with Crippen LogP contribution >= 0.6 is 0 Å². The Balaban J connectivity index is 2.05. The van der Waals surface area contributed by atoms with Gasteiger partial charge < -0.3 is 14.8 Å². The Bertz CT molecular complexity index is 655. The lowest BCUT2D eigenvalue weighted by Crippen LogP contribution is -2.24. The van der Waals surface area contributed by atoms with Crippen LogP contribution in [0.25, 0.3) is 11.1 Å². The van der Waals surface area contributed by atoms with E-state index in [1.54, 1.807) is 18.2 Å². The number of hydrogen-bond donors (Lipinski definition) is 3. The first kappa shape index (κ1) is 11.9. The van der Waals surface area contributed by atoms with E-state index in [9.17, 15) is 14.4 Å². The Labute approximate surface area is 100 Å². The molecule has 1 aromatic carbocycles. The molecule has 0 spiro atoms. The first-order valence-electron chi connectivity index (χ1n) is 5.15. The van der Waals surface area contributed by atoms with Gasteiger partial charge in [-0.15, -0.1) is 0 Å².